The first-order valence-corrected chi connectivity index (χ1v) is 7.84. The topological polar surface area (TPSA) is 61.7 Å². The summed E-state index contributed by atoms with van der Waals surface area (Å²) < 4.78 is 0. The highest BCUT2D eigenvalue weighted by atomic mass is 16.2. The first-order chi connectivity index (χ1) is 11.4. The van der Waals surface area contributed by atoms with E-state index in [1.54, 1.807) is 12.3 Å². The summed E-state index contributed by atoms with van der Waals surface area (Å²) in [6, 6.07) is 9.81. The van der Waals surface area contributed by atoms with Crippen LogP contribution in [0.3, 0.4) is 0 Å². The first kappa shape index (κ1) is 16.1. The summed E-state index contributed by atoms with van der Waals surface area (Å²) in [6.45, 7) is 4.02. The molecule has 0 saturated heterocycles. The lowest BCUT2D eigenvalue weighted by atomic mass is 9.94. The van der Waals surface area contributed by atoms with Crippen molar-refractivity contribution in [2.24, 2.45) is 5.10 Å². The molecule has 1 aliphatic heterocycles. The van der Waals surface area contributed by atoms with Gasteiger partial charge in [-0.25, -0.2) is 15.0 Å². The second-order valence-corrected chi connectivity index (χ2v) is 6.69. The van der Waals surface area contributed by atoms with Gasteiger partial charge in [0.05, 0.1) is 11.3 Å². The number of benzene rings is 1. The molecule has 0 atom stereocenters. The van der Waals surface area contributed by atoms with Crippen molar-refractivity contribution in [3.63, 3.8) is 0 Å². The number of anilines is 1. The van der Waals surface area contributed by atoms with Crippen LogP contribution in [0, 0.1) is 0 Å². The van der Waals surface area contributed by atoms with E-state index in [1.165, 1.54) is 11.3 Å². The van der Waals surface area contributed by atoms with Crippen LogP contribution in [0.25, 0.3) is 0 Å². The Hall–Kier alpha value is -2.76. The Balaban J connectivity index is 1.90. The highest BCUT2D eigenvalue weighted by Crippen LogP contribution is 2.31. The van der Waals surface area contributed by atoms with E-state index in [1.807, 2.05) is 40.1 Å². The van der Waals surface area contributed by atoms with Gasteiger partial charge in [-0.3, -0.25) is 4.79 Å². The molecule has 1 aliphatic rings. The van der Waals surface area contributed by atoms with Gasteiger partial charge in [-0.15, -0.1) is 0 Å². The van der Waals surface area contributed by atoms with Crippen molar-refractivity contribution < 1.29 is 4.79 Å². The van der Waals surface area contributed by atoms with Crippen molar-refractivity contribution in [1.29, 1.82) is 0 Å². The number of aromatic nitrogens is 2. The minimum absolute atomic E-state index is 0.206. The smallest absolute Gasteiger partial charge is 0.293 e. The number of nitrogens with zero attached hydrogens (tertiary/aromatic N) is 5. The van der Waals surface area contributed by atoms with E-state index >= 15 is 0 Å². The van der Waals surface area contributed by atoms with Crippen LogP contribution in [0.15, 0.2) is 48.0 Å². The van der Waals surface area contributed by atoms with Crippen LogP contribution < -0.4 is 4.90 Å². The molecule has 0 spiro atoms. The minimum atomic E-state index is -0.391. The standard InChI is InChI=1S/C18H21N5O/c1-18(2)11-16(13-5-7-14(8-6-13)22(3)4)21-23(18)17(24)15-9-10-19-12-20-15/h5-10,12H,11H2,1-4H3. The summed E-state index contributed by atoms with van der Waals surface area (Å²) in [7, 11) is 4.01. The van der Waals surface area contributed by atoms with Crippen LogP contribution in [0.4, 0.5) is 5.69 Å². The molecule has 2 aromatic rings. The highest BCUT2D eigenvalue weighted by molar-refractivity contribution is 6.05. The third-order valence-electron chi connectivity index (χ3n) is 4.10. The second-order valence-electron chi connectivity index (χ2n) is 6.69. The Morgan fingerprint density at radius 1 is 1.17 bits per heavy atom. The Kier molecular flexibility index (Phi) is 4.05. The predicted molar refractivity (Wildman–Crippen MR) is 94.2 cm³/mol. The van der Waals surface area contributed by atoms with Crippen molar-refractivity contribution in [3.8, 4) is 0 Å². The molecule has 24 heavy (non-hydrogen) atoms. The van der Waals surface area contributed by atoms with E-state index < -0.39 is 5.54 Å². The molecule has 1 aromatic heterocycles. The molecule has 0 radical (unpaired) electrons. The van der Waals surface area contributed by atoms with Crippen molar-refractivity contribution >= 4 is 17.3 Å². The van der Waals surface area contributed by atoms with Crippen molar-refractivity contribution in [3.05, 3.63) is 54.1 Å². The van der Waals surface area contributed by atoms with Gasteiger partial charge in [-0.05, 0) is 37.6 Å². The Bertz CT molecular complexity index is 766. The van der Waals surface area contributed by atoms with E-state index in [0.717, 1.165) is 17.0 Å². The third kappa shape index (κ3) is 2.99. The van der Waals surface area contributed by atoms with Gasteiger partial charge in [0.2, 0.25) is 0 Å². The van der Waals surface area contributed by atoms with Crippen molar-refractivity contribution in [2.45, 2.75) is 25.8 Å². The van der Waals surface area contributed by atoms with Gasteiger partial charge in [0.1, 0.15) is 12.0 Å². The van der Waals surface area contributed by atoms with Crippen LogP contribution in [0.2, 0.25) is 0 Å². The van der Waals surface area contributed by atoms with E-state index in [0.29, 0.717) is 12.1 Å². The number of hydrogen-bond acceptors (Lipinski definition) is 5. The van der Waals surface area contributed by atoms with E-state index in [9.17, 15) is 4.79 Å². The maximum absolute atomic E-state index is 12.7. The average molecular weight is 323 g/mol. The lowest BCUT2D eigenvalue weighted by molar-refractivity contribution is 0.0606. The predicted octanol–water partition coefficient (Wildman–Crippen LogP) is 2.57. The lowest BCUT2D eigenvalue weighted by Gasteiger charge is -2.28. The molecular weight excluding hydrogens is 302 g/mol. The summed E-state index contributed by atoms with van der Waals surface area (Å²) in [4.78, 5) is 22.7. The van der Waals surface area contributed by atoms with Crippen LogP contribution in [-0.4, -0.2) is 46.2 Å². The number of hydrazone groups is 1. The molecule has 0 aliphatic carbocycles. The maximum Gasteiger partial charge on any atom is 0.293 e. The van der Waals surface area contributed by atoms with E-state index in [4.69, 9.17) is 0 Å². The zero-order valence-electron chi connectivity index (χ0n) is 14.4. The number of carbonyl (C=O) groups excluding carboxylic acids is 1. The molecule has 3 rings (SSSR count). The molecule has 6 nitrogen and oxygen atoms in total. The second kappa shape index (κ2) is 6.03. The van der Waals surface area contributed by atoms with E-state index in [2.05, 4.69) is 32.1 Å². The number of rotatable bonds is 3. The molecular formula is C18H21N5O. The quantitative estimate of drug-likeness (QED) is 0.871. The van der Waals surface area contributed by atoms with Gasteiger partial charge in [0.25, 0.3) is 5.91 Å². The van der Waals surface area contributed by atoms with Gasteiger partial charge >= 0.3 is 0 Å². The highest BCUT2D eigenvalue weighted by Gasteiger charge is 2.39. The number of carbonyl (C=O) groups is 1. The summed E-state index contributed by atoms with van der Waals surface area (Å²) in [5.41, 5.74) is 3.04. The average Bonchev–Trinajstić information content (AvgIpc) is 2.90. The first-order valence-electron chi connectivity index (χ1n) is 7.84. The fourth-order valence-electron chi connectivity index (χ4n) is 2.73. The molecule has 1 amide bonds. The SMILES string of the molecule is CN(C)c1ccc(C2=NN(C(=O)c3ccncn3)C(C)(C)C2)cc1. The van der Waals surface area contributed by atoms with Crippen LogP contribution >= 0.6 is 0 Å². The molecule has 0 unspecified atom stereocenters. The Labute approximate surface area is 141 Å². The summed E-state index contributed by atoms with van der Waals surface area (Å²) in [6.07, 6.45) is 3.64. The van der Waals surface area contributed by atoms with E-state index in [-0.39, 0.29) is 5.91 Å². The van der Waals surface area contributed by atoms with Gasteiger partial charge in [-0.2, -0.15) is 5.10 Å². The zero-order valence-corrected chi connectivity index (χ0v) is 14.4. The van der Waals surface area contributed by atoms with Crippen LogP contribution in [0.5, 0.6) is 0 Å². The zero-order chi connectivity index (χ0) is 17.3. The molecule has 0 N–H and O–H groups in total. The fourth-order valence-corrected chi connectivity index (χ4v) is 2.73. The van der Waals surface area contributed by atoms with Gasteiger partial charge in [-0.1, -0.05) is 12.1 Å². The van der Waals surface area contributed by atoms with Gasteiger partial charge in [0, 0.05) is 32.4 Å². The molecule has 1 aromatic carbocycles. The van der Waals surface area contributed by atoms with Gasteiger partial charge < -0.3 is 4.90 Å². The molecule has 6 heteroatoms. The third-order valence-corrected chi connectivity index (χ3v) is 4.10. The normalized spacial score (nSPS) is 16.0. The Morgan fingerprint density at radius 2 is 1.88 bits per heavy atom. The van der Waals surface area contributed by atoms with Crippen LogP contribution in [0.1, 0.15) is 36.3 Å². The maximum atomic E-state index is 12.7. The van der Waals surface area contributed by atoms with Crippen molar-refractivity contribution in [2.75, 3.05) is 19.0 Å². The summed E-state index contributed by atoms with van der Waals surface area (Å²) in [5, 5.41) is 6.12. The molecule has 0 saturated carbocycles. The largest absolute Gasteiger partial charge is 0.378 e. The minimum Gasteiger partial charge on any atom is -0.378 e. The molecule has 0 fully saturated rings. The van der Waals surface area contributed by atoms with Gasteiger partial charge in [0.15, 0.2) is 0 Å². The fraction of sp³-hybridized carbons (Fsp3) is 0.333. The number of amides is 1. The molecule has 0 bridgehead atoms. The molecule has 2 heterocycles. The number of hydrogen-bond donors (Lipinski definition) is 0. The van der Waals surface area contributed by atoms with Crippen molar-refractivity contribution in [1.82, 2.24) is 15.0 Å². The Morgan fingerprint density at radius 3 is 2.46 bits per heavy atom. The monoisotopic (exact) mass is 323 g/mol. The summed E-state index contributed by atoms with van der Waals surface area (Å²) >= 11 is 0. The lowest BCUT2D eigenvalue weighted by Crippen LogP contribution is -2.41. The summed E-state index contributed by atoms with van der Waals surface area (Å²) in [5.74, 6) is -0.206. The van der Waals surface area contributed by atoms with Crippen LogP contribution in [-0.2, 0) is 0 Å². The molecule has 124 valence electrons.